The van der Waals surface area contributed by atoms with Crippen LogP contribution in [0.25, 0.3) is 0 Å². The SMILES string of the molecule is CCN(CC)C(=O)CCC1CCN(C(=O)NCC(F)(F)F)CC1. The van der Waals surface area contributed by atoms with Crippen molar-refractivity contribution < 1.29 is 22.8 Å². The molecule has 0 aromatic carbocycles. The molecule has 134 valence electrons. The number of nitrogens with zero attached hydrogens (tertiary/aromatic N) is 2. The number of halogens is 3. The summed E-state index contributed by atoms with van der Waals surface area (Å²) in [4.78, 5) is 26.8. The van der Waals surface area contributed by atoms with Crippen molar-refractivity contribution in [3.63, 3.8) is 0 Å². The fourth-order valence-electron chi connectivity index (χ4n) is 2.77. The van der Waals surface area contributed by atoms with Gasteiger partial charge in [-0.15, -0.1) is 0 Å². The summed E-state index contributed by atoms with van der Waals surface area (Å²) in [7, 11) is 0. The summed E-state index contributed by atoms with van der Waals surface area (Å²) < 4.78 is 36.2. The normalized spacial score (nSPS) is 16.3. The van der Waals surface area contributed by atoms with Crippen LogP contribution in [0.2, 0.25) is 0 Å². The number of hydrogen-bond donors (Lipinski definition) is 1. The van der Waals surface area contributed by atoms with Crippen LogP contribution in [0, 0.1) is 5.92 Å². The van der Waals surface area contributed by atoms with Gasteiger partial charge in [0.25, 0.3) is 0 Å². The number of alkyl halides is 3. The average molecular weight is 337 g/mol. The monoisotopic (exact) mass is 337 g/mol. The molecule has 0 radical (unpaired) electrons. The largest absolute Gasteiger partial charge is 0.405 e. The van der Waals surface area contributed by atoms with E-state index in [9.17, 15) is 22.8 Å². The van der Waals surface area contributed by atoms with Crippen LogP contribution in [0.15, 0.2) is 0 Å². The van der Waals surface area contributed by atoms with Gasteiger partial charge >= 0.3 is 12.2 Å². The van der Waals surface area contributed by atoms with Crippen molar-refractivity contribution >= 4 is 11.9 Å². The Kier molecular flexibility index (Phi) is 7.64. The number of piperidine rings is 1. The fourth-order valence-corrected chi connectivity index (χ4v) is 2.77. The molecule has 1 saturated heterocycles. The Bertz CT molecular complexity index is 390. The highest BCUT2D eigenvalue weighted by atomic mass is 19.4. The lowest BCUT2D eigenvalue weighted by molar-refractivity contribution is -0.131. The van der Waals surface area contributed by atoms with Gasteiger partial charge in [0.15, 0.2) is 0 Å². The van der Waals surface area contributed by atoms with Crippen LogP contribution in [-0.2, 0) is 4.79 Å². The first-order valence-electron chi connectivity index (χ1n) is 8.14. The highest BCUT2D eigenvalue weighted by molar-refractivity contribution is 5.76. The van der Waals surface area contributed by atoms with Crippen molar-refractivity contribution in [2.75, 3.05) is 32.7 Å². The van der Waals surface area contributed by atoms with E-state index in [1.807, 2.05) is 19.2 Å². The van der Waals surface area contributed by atoms with Crippen molar-refractivity contribution in [3.05, 3.63) is 0 Å². The molecule has 0 bridgehead atoms. The zero-order valence-corrected chi connectivity index (χ0v) is 13.8. The molecular formula is C15H26F3N3O2. The highest BCUT2D eigenvalue weighted by Crippen LogP contribution is 2.22. The molecule has 3 amide bonds. The molecule has 0 saturated carbocycles. The lowest BCUT2D eigenvalue weighted by atomic mass is 9.92. The van der Waals surface area contributed by atoms with Gasteiger partial charge in [-0.1, -0.05) is 0 Å². The number of carbonyl (C=O) groups excluding carboxylic acids is 2. The van der Waals surface area contributed by atoms with Gasteiger partial charge in [-0.05, 0) is 39.0 Å². The van der Waals surface area contributed by atoms with Crippen molar-refractivity contribution in [2.24, 2.45) is 5.92 Å². The first-order valence-corrected chi connectivity index (χ1v) is 8.14. The van der Waals surface area contributed by atoms with Gasteiger partial charge in [-0.3, -0.25) is 4.79 Å². The van der Waals surface area contributed by atoms with E-state index < -0.39 is 18.8 Å². The number of rotatable bonds is 6. The molecule has 1 rings (SSSR count). The molecule has 5 nitrogen and oxygen atoms in total. The van der Waals surface area contributed by atoms with Crippen LogP contribution in [0.4, 0.5) is 18.0 Å². The number of amides is 3. The Hall–Kier alpha value is -1.47. The van der Waals surface area contributed by atoms with Crippen molar-refractivity contribution in [1.29, 1.82) is 0 Å². The summed E-state index contributed by atoms with van der Waals surface area (Å²) in [6, 6.07) is -0.667. The summed E-state index contributed by atoms with van der Waals surface area (Å²) >= 11 is 0. The minimum Gasteiger partial charge on any atom is -0.343 e. The quantitative estimate of drug-likeness (QED) is 0.810. The number of likely N-dealkylation sites (tertiary alicyclic amines) is 1. The van der Waals surface area contributed by atoms with E-state index in [0.29, 0.717) is 38.5 Å². The van der Waals surface area contributed by atoms with E-state index in [4.69, 9.17) is 0 Å². The maximum atomic E-state index is 12.1. The maximum absolute atomic E-state index is 12.1. The molecule has 0 aromatic rings. The fraction of sp³-hybridized carbons (Fsp3) is 0.867. The second-order valence-corrected chi connectivity index (χ2v) is 5.81. The topological polar surface area (TPSA) is 52.7 Å². The summed E-state index contributed by atoms with van der Waals surface area (Å²) in [5.41, 5.74) is 0. The van der Waals surface area contributed by atoms with Gasteiger partial charge in [0.2, 0.25) is 5.91 Å². The maximum Gasteiger partial charge on any atom is 0.405 e. The summed E-state index contributed by atoms with van der Waals surface area (Å²) in [6.07, 6.45) is -1.67. The Balaban J connectivity index is 2.27. The van der Waals surface area contributed by atoms with Gasteiger partial charge in [0, 0.05) is 32.6 Å². The standard InChI is InChI=1S/C15H26F3N3O2/c1-3-20(4-2)13(22)6-5-12-7-9-21(10-8-12)14(23)19-11-15(16,17)18/h12H,3-11H2,1-2H3,(H,19,23). The van der Waals surface area contributed by atoms with Crippen molar-refractivity contribution in [1.82, 2.24) is 15.1 Å². The Morgan fingerprint density at radius 2 is 1.74 bits per heavy atom. The minimum atomic E-state index is -4.39. The number of nitrogens with one attached hydrogen (secondary N) is 1. The van der Waals surface area contributed by atoms with E-state index in [1.54, 1.807) is 4.90 Å². The Morgan fingerprint density at radius 1 is 1.17 bits per heavy atom. The van der Waals surface area contributed by atoms with Crippen LogP contribution in [-0.4, -0.2) is 60.6 Å². The molecule has 1 aliphatic rings. The third-order valence-electron chi connectivity index (χ3n) is 4.22. The number of carbonyl (C=O) groups is 2. The van der Waals surface area contributed by atoms with Crippen LogP contribution < -0.4 is 5.32 Å². The zero-order valence-electron chi connectivity index (χ0n) is 13.8. The van der Waals surface area contributed by atoms with Gasteiger partial charge in [0.1, 0.15) is 6.54 Å². The lowest BCUT2D eigenvalue weighted by Crippen LogP contribution is -2.47. The third-order valence-corrected chi connectivity index (χ3v) is 4.22. The first-order chi connectivity index (χ1) is 10.8. The molecule has 0 atom stereocenters. The summed E-state index contributed by atoms with van der Waals surface area (Å²) in [5, 5.41) is 1.89. The number of urea groups is 1. The lowest BCUT2D eigenvalue weighted by Gasteiger charge is -2.32. The van der Waals surface area contributed by atoms with Gasteiger partial charge < -0.3 is 15.1 Å². The summed E-state index contributed by atoms with van der Waals surface area (Å²) in [6.45, 7) is 4.87. The number of hydrogen-bond acceptors (Lipinski definition) is 2. The highest BCUT2D eigenvalue weighted by Gasteiger charge is 2.30. The molecule has 1 heterocycles. The molecule has 0 unspecified atom stereocenters. The van der Waals surface area contributed by atoms with Crippen LogP contribution in [0.3, 0.4) is 0 Å². The smallest absolute Gasteiger partial charge is 0.343 e. The molecule has 0 spiro atoms. The van der Waals surface area contributed by atoms with Crippen LogP contribution >= 0.6 is 0 Å². The third kappa shape index (κ3) is 7.09. The molecule has 1 fully saturated rings. The molecule has 1 N–H and O–H groups in total. The van der Waals surface area contributed by atoms with E-state index >= 15 is 0 Å². The molecule has 0 aromatic heterocycles. The summed E-state index contributed by atoms with van der Waals surface area (Å²) in [5.74, 6) is 0.488. The predicted octanol–water partition coefficient (Wildman–Crippen LogP) is 2.62. The van der Waals surface area contributed by atoms with Gasteiger partial charge in [-0.2, -0.15) is 13.2 Å². The van der Waals surface area contributed by atoms with E-state index in [2.05, 4.69) is 0 Å². The first kappa shape index (κ1) is 19.6. The Morgan fingerprint density at radius 3 is 2.22 bits per heavy atom. The van der Waals surface area contributed by atoms with Crippen LogP contribution in [0.5, 0.6) is 0 Å². The molecule has 8 heteroatoms. The zero-order chi connectivity index (χ0) is 17.5. The molecule has 0 aliphatic carbocycles. The molecular weight excluding hydrogens is 311 g/mol. The second kappa shape index (κ2) is 8.98. The van der Waals surface area contributed by atoms with Crippen molar-refractivity contribution in [3.8, 4) is 0 Å². The predicted molar refractivity (Wildman–Crippen MR) is 80.9 cm³/mol. The van der Waals surface area contributed by atoms with E-state index in [1.165, 1.54) is 4.90 Å². The van der Waals surface area contributed by atoms with Crippen LogP contribution in [0.1, 0.15) is 39.5 Å². The van der Waals surface area contributed by atoms with E-state index in [-0.39, 0.29) is 5.91 Å². The molecule has 1 aliphatic heterocycles. The Labute approximate surface area is 135 Å². The molecule has 23 heavy (non-hydrogen) atoms. The second-order valence-electron chi connectivity index (χ2n) is 5.81. The average Bonchev–Trinajstić information content (AvgIpc) is 2.51. The van der Waals surface area contributed by atoms with Gasteiger partial charge in [-0.25, -0.2) is 4.79 Å². The van der Waals surface area contributed by atoms with E-state index in [0.717, 1.165) is 19.3 Å². The minimum absolute atomic E-state index is 0.139. The van der Waals surface area contributed by atoms with Crippen molar-refractivity contribution in [2.45, 2.75) is 45.7 Å². The van der Waals surface area contributed by atoms with Gasteiger partial charge in [0.05, 0.1) is 0 Å².